The van der Waals surface area contributed by atoms with Crippen LogP contribution in [-0.4, -0.2) is 34.5 Å². The standard InChI is InChI=1S/C11H14BrNO3S/c1-6-5-7(17-8(6)12)9(14)13(4)11(2,3)10(15)16/h5H,1-4H3,(H,15,16). The summed E-state index contributed by atoms with van der Waals surface area (Å²) in [4.78, 5) is 25.0. The Morgan fingerprint density at radius 3 is 2.35 bits per heavy atom. The largest absolute Gasteiger partial charge is 0.480 e. The second-order valence-electron chi connectivity index (χ2n) is 4.30. The van der Waals surface area contributed by atoms with E-state index in [2.05, 4.69) is 15.9 Å². The molecule has 1 heterocycles. The van der Waals surface area contributed by atoms with Gasteiger partial charge >= 0.3 is 5.97 Å². The molecule has 0 aliphatic heterocycles. The van der Waals surface area contributed by atoms with Crippen LogP contribution in [0.15, 0.2) is 9.85 Å². The molecule has 0 saturated heterocycles. The molecule has 0 spiro atoms. The summed E-state index contributed by atoms with van der Waals surface area (Å²) in [5.74, 6) is -1.31. The van der Waals surface area contributed by atoms with E-state index in [4.69, 9.17) is 5.11 Å². The van der Waals surface area contributed by atoms with E-state index < -0.39 is 11.5 Å². The fourth-order valence-electron chi connectivity index (χ4n) is 1.13. The summed E-state index contributed by atoms with van der Waals surface area (Å²) in [7, 11) is 1.50. The SMILES string of the molecule is Cc1cc(C(=O)N(C)C(C)(C)C(=O)O)sc1Br. The molecule has 0 atom stereocenters. The van der Waals surface area contributed by atoms with Gasteiger partial charge in [-0.2, -0.15) is 0 Å². The number of carboxylic acid groups (broad SMARTS) is 1. The van der Waals surface area contributed by atoms with Crippen molar-refractivity contribution < 1.29 is 14.7 Å². The van der Waals surface area contributed by atoms with Gasteiger partial charge in [0.15, 0.2) is 0 Å². The zero-order valence-electron chi connectivity index (χ0n) is 10.1. The molecule has 0 bridgehead atoms. The second-order valence-corrected chi connectivity index (χ2v) is 6.67. The molecule has 17 heavy (non-hydrogen) atoms. The number of rotatable bonds is 3. The van der Waals surface area contributed by atoms with Crippen molar-refractivity contribution in [2.24, 2.45) is 0 Å². The van der Waals surface area contributed by atoms with Crippen molar-refractivity contribution in [3.8, 4) is 0 Å². The van der Waals surface area contributed by atoms with Gasteiger partial charge in [-0.05, 0) is 48.3 Å². The van der Waals surface area contributed by atoms with Gasteiger partial charge in [0.25, 0.3) is 5.91 Å². The molecule has 94 valence electrons. The highest BCUT2D eigenvalue weighted by atomic mass is 79.9. The molecule has 0 aliphatic carbocycles. The molecule has 0 fully saturated rings. The van der Waals surface area contributed by atoms with Crippen LogP contribution in [0.5, 0.6) is 0 Å². The number of carbonyl (C=O) groups is 2. The Morgan fingerprint density at radius 1 is 1.47 bits per heavy atom. The molecule has 1 aromatic heterocycles. The van der Waals surface area contributed by atoms with Crippen LogP contribution in [-0.2, 0) is 4.79 Å². The third kappa shape index (κ3) is 2.69. The second kappa shape index (κ2) is 4.78. The number of aryl methyl sites for hydroxylation is 1. The number of amides is 1. The lowest BCUT2D eigenvalue weighted by molar-refractivity contribution is -0.147. The minimum Gasteiger partial charge on any atom is -0.480 e. The summed E-state index contributed by atoms with van der Waals surface area (Å²) in [5.41, 5.74) is -0.249. The van der Waals surface area contributed by atoms with E-state index in [0.717, 1.165) is 9.35 Å². The van der Waals surface area contributed by atoms with E-state index in [1.54, 1.807) is 6.07 Å². The normalized spacial score (nSPS) is 11.4. The van der Waals surface area contributed by atoms with Gasteiger partial charge in [0.1, 0.15) is 5.54 Å². The van der Waals surface area contributed by atoms with Crippen LogP contribution in [0.4, 0.5) is 0 Å². The minimum absolute atomic E-state index is 0.281. The lowest BCUT2D eigenvalue weighted by Gasteiger charge is -2.31. The highest BCUT2D eigenvalue weighted by Gasteiger charge is 2.36. The van der Waals surface area contributed by atoms with Crippen molar-refractivity contribution in [3.63, 3.8) is 0 Å². The monoisotopic (exact) mass is 319 g/mol. The molecule has 0 aromatic carbocycles. The number of halogens is 1. The Balaban J connectivity index is 3.02. The number of hydrogen-bond acceptors (Lipinski definition) is 3. The van der Waals surface area contributed by atoms with E-state index in [1.165, 1.54) is 37.1 Å². The van der Waals surface area contributed by atoms with Crippen molar-refractivity contribution in [1.29, 1.82) is 0 Å². The number of likely N-dealkylation sites (N-methyl/N-ethyl adjacent to an activating group) is 1. The van der Waals surface area contributed by atoms with Gasteiger partial charge in [0, 0.05) is 7.05 Å². The van der Waals surface area contributed by atoms with Gasteiger partial charge in [0.05, 0.1) is 8.66 Å². The third-order valence-electron chi connectivity index (χ3n) is 2.73. The quantitative estimate of drug-likeness (QED) is 0.932. The van der Waals surface area contributed by atoms with Crippen LogP contribution in [0.3, 0.4) is 0 Å². The average molecular weight is 320 g/mol. The van der Waals surface area contributed by atoms with Gasteiger partial charge in [-0.1, -0.05) is 0 Å². The molecule has 0 unspecified atom stereocenters. The third-order valence-corrected chi connectivity index (χ3v) is 4.86. The predicted molar refractivity (Wildman–Crippen MR) is 70.6 cm³/mol. The summed E-state index contributed by atoms with van der Waals surface area (Å²) < 4.78 is 0.891. The molecule has 1 rings (SSSR count). The predicted octanol–water partition coefficient (Wildman–Crippen LogP) is 2.75. The van der Waals surface area contributed by atoms with E-state index >= 15 is 0 Å². The summed E-state index contributed by atoms with van der Waals surface area (Å²) in [6.07, 6.45) is 0. The van der Waals surface area contributed by atoms with E-state index in [0.29, 0.717) is 4.88 Å². The molecule has 1 N–H and O–H groups in total. The number of carboxylic acids is 1. The van der Waals surface area contributed by atoms with Gasteiger partial charge < -0.3 is 10.0 Å². The topological polar surface area (TPSA) is 57.6 Å². The first kappa shape index (κ1) is 14.2. The molecular formula is C11H14BrNO3S. The minimum atomic E-state index is -1.22. The van der Waals surface area contributed by atoms with Crippen molar-refractivity contribution >= 4 is 39.1 Å². The first-order chi connectivity index (χ1) is 7.67. The van der Waals surface area contributed by atoms with Gasteiger partial charge in [-0.25, -0.2) is 4.79 Å². The molecule has 0 aliphatic rings. The Bertz CT molecular complexity index is 448. The van der Waals surface area contributed by atoms with Crippen LogP contribution >= 0.6 is 27.3 Å². The summed E-state index contributed by atoms with van der Waals surface area (Å²) in [6.45, 7) is 4.89. The van der Waals surface area contributed by atoms with E-state index in [9.17, 15) is 9.59 Å². The maximum absolute atomic E-state index is 12.1. The molecule has 0 radical (unpaired) electrons. The highest BCUT2D eigenvalue weighted by Crippen LogP contribution is 2.29. The van der Waals surface area contributed by atoms with Gasteiger partial charge in [0.2, 0.25) is 0 Å². The average Bonchev–Trinajstić information content (AvgIpc) is 2.56. The fraction of sp³-hybridized carbons (Fsp3) is 0.455. The van der Waals surface area contributed by atoms with Crippen LogP contribution < -0.4 is 0 Å². The molecule has 0 saturated carbocycles. The van der Waals surface area contributed by atoms with Crippen molar-refractivity contribution in [2.75, 3.05) is 7.05 Å². The summed E-state index contributed by atoms with van der Waals surface area (Å²) in [5, 5.41) is 9.07. The molecule has 4 nitrogen and oxygen atoms in total. The molecule has 6 heteroatoms. The zero-order valence-corrected chi connectivity index (χ0v) is 12.5. The lowest BCUT2D eigenvalue weighted by Crippen LogP contribution is -2.50. The van der Waals surface area contributed by atoms with Crippen LogP contribution in [0.1, 0.15) is 29.1 Å². The van der Waals surface area contributed by atoms with E-state index in [1.807, 2.05) is 6.92 Å². The Hall–Kier alpha value is -0.880. The Labute approximate surface area is 112 Å². The number of hydrogen-bond donors (Lipinski definition) is 1. The lowest BCUT2D eigenvalue weighted by atomic mass is 10.0. The Morgan fingerprint density at radius 2 is 2.00 bits per heavy atom. The van der Waals surface area contributed by atoms with Crippen molar-refractivity contribution in [2.45, 2.75) is 26.3 Å². The van der Waals surface area contributed by atoms with Crippen LogP contribution in [0.2, 0.25) is 0 Å². The Kier molecular flexibility index (Phi) is 3.99. The number of carbonyl (C=O) groups excluding carboxylic acids is 1. The number of aliphatic carboxylic acids is 1. The zero-order chi connectivity index (χ0) is 13.4. The summed E-state index contributed by atoms with van der Waals surface area (Å²) >= 11 is 4.66. The van der Waals surface area contributed by atoms with Crippen molar-refractivity contribution in [1.82, 2.24) is 4.90 Å². The molecular weight excluding hydrogens is 306 g/mol. The fourth-order valence-corrected chi connectivity index (χ4v) is 2.64. The number of thiophene rings is 1. The van der Waals surface area contributed by atoms with Gasteiger partial charge in [-0.15, -0.1) is 11.3 Å². The smallest absolute Gasteiger partial charge is 0.329 e. The van der Waals surface area contributed by atoms with Crippen molar-refractivity contribution in [3.05, 3.63) is 20.3 Å². The van der Waals surface area contributed by atoms with Crippen LogP contribution in [0, 0.1) is 6.92 Å². The maximum atomic E-state index is 12.1. The first-order valence-corrected chi connectivity index (χ1v) is 6.56. The molecule has 1 aromatic rings. The summed E-state index contributed by atoms with van der Waals surface area (Å²) in [6, 6.07) is 1.76. The first-order valence-electron chi connectivity index (χ1n) is 4.95. The number of nitrogens with zero attached hydrogens (tertiary/aromatic N) is 1. The van der Waals surface area contributed by atoms with Crippen LogP contribution in [0.25, 0.3) is 0 Å². The van der Waals surface area contributed by atoms with Gasteiger partial charge in [-0.3, -0.25) is 4.79 Å². The highest BCUT2D eigenvalue weighted by molar-refractivity contribution is 9.11. The van der Waals surface area contributed by atoms with E-state index in [-0.39, 0.29) is 5.91 Å². The maximum Gasteiger partial charge on any atom is 0.329 e. The molecule has 1 amide bonds.